The number of hydrogen-bond donors (Lipinski definition) is 0. The van der Waals surface area contributed by atoms with Crippen LogP contribution in [0.4, 0.5) is 0 Å². The van der Waals surface area contributed by atoms with Crippen LogP contribution in [0.3, 0.4) is 0 Å². The van der Waals surface area contributed by atoms with Gasteiger partial charge in [0.1, 0.15) is 0 Å². The zero-order valence-corrected chi connectivity index (χ0v) is 12.0. The highest BCUT2D eigenvalue weighted by atomic mass is 79.9. The van der Waals surface area contributed by atoms with Crippen molar-refractivity contribution in [2.75, 3.05) is 0 Å². The van der Waals surface area contributed by atoms with E-state index in [1.165, 1.54) is 0 Å². The van der Waals surface area contributed by atoms with Crippen molar-refractivity contribution in [3.63, 3.8) is 0 Å². The molecule has 0 aliphatic heterocycles. The van der Waals surface area contributed by atoms with Gasteiger partial charge in [-0.3, -0.25) is 0 Å². The molecule has 0 aliphatic carbocycles. The number of halogens is 3. The summed E-state index contributed by atoms with van der Waals surface area (Å²) in [5.74, 6) is 0.298. The van der Waals surface area contributed by atoms with Gasteiger partial charge < -0.3 is 0 Å². The highest BCUT2D eigenvalue weighted by Gasteiger charge is 2.17. The Balaban J connectivity index is 2.86. The monoisotopic (exact) mass is 308 g/mol. The molecule has 0 aliphatic rings. The molecule has 2 unspecified atom stereocenters. The first-order chi connectivity index (χ1) is 7.06. The third-order valence-electron chi connectivity index (χ3n) is 2.56. The Bertz CT molecular complexity index is 325. The van der Waals surface area contributed by atoms with Gasteiger partial charge in [0, 0.05) is 14.9 Å². The molecule has 15 heavy (non-hydrogen) atoms. The van der Waals surface area contributed by atoms with Crippen LogP contribution < -0.4 is 0 Å². The maximum absolute atomic E-state index is 6.31. The number of alkyl halides is 1. The fourth-order valence-corrected chi connectivity index (χ4v) is 2.79. The van der Waals surface area contributed by atoms with Crippen molar-refractivity contribution in [3.8, 4) is 0 Å². The van der Waals surface area contributed by atoms with E-state index in [9.17, 15) is 0 Å². The van der Waals surface area contributed by atoms with E-state index in [-0.39, 0.29) is 5.38 Å². The van der Waals surface area contributed by atoms with Crippen LogP contribution in [0.5, 0.6) is 0 Å². The Morgan fingerprint density at radius 3 is 2.60 bits per heavy atom. The summed E-state index contributed by atoms with van der Waals surface area (Å²) in [6.07, 6.45) is 2.13. The van der Waals surface area contributed by atoms with Gasteiger partial charge in [0.15, 0.2) is 0 Å². The summed E-state index contributed by atoms with van der Waals surface area (Å²) < 4.78 is 1.00. The first kappa shape index (κ1) is 13.3. The minimum Gasteiger partial charge on any atom is -0.122 e. The van der Waals surface area contributed by atoms with Crippen molar-refractivity contribution in [3.05, 3.63) is 33.3 Å². The minimum absolute atomic E-state index is 0.161. The van der Waals surface area contributed by atoms with Crippen LogP contribution in [0.1, 0.15) is 38.2 Å². The molecule has 0 bridgehead atoms. The first-order valence-electron chi connectivity index (χ1n) is 5.15. The quantitative estimate of drug-likeness (QED) is 0.634. The van der Waals surface area contributed by atoms with Gasteiger partial charge in [-0.15, -0.1) is 11.6 Å². The molecule has 84 valence electrons. The van der Waals surface area contributed by atoms with E-state index < -0.39 is 0 Å². The van der Waals surface area contributed by atoms with Crippen molar-refractivity contribution in [2.45, 2.75) is 38.0 Å². The summed E-state index contributed by atoms with van der Waals surface area (Å²) in [5, 5.41) is 0.951. The maximum atomic E-state index is 6.31. The summed E-state index contributed by atoms with van der Waals surface area (Å²) >= 11 is 15.9. The second-order valence-corrected chi connectivity index (χ2v) is 5.64. The normalized spacial score (nSPS) is 15.0. The number of rotatable bonds is 4. The predicted octanol–water partition coefficient (Wildman–Crippen LogP) is 5.61. The van der Waals surface area contributed by atoms with E-state index in [2.05, 4.69) is 29.8 Å². The largest absolute Gasteiger partial charge is 0.122 e. The third kappa shape index (κ3) is 3.65. The topological polar surface area (TPSA) is 0 Å². The predicted molar refractivity (Wildman–Crippen MR) is 72.1 cm³/mol. The molecule has 0 saturated heterocycles. The van der Waals surface area contributed by atoms with Crippen LogP contribution in [0.15, 0.2) is 22.7 Å². The van der Waals surface area contributed by atoms with E-state index in [0.717, 1.165) is 27.9 Å². The molecular weight excluding hydrogens is 295 g/mol. The van der Waals surface area contributed by atoms with Gasteiger partial charge in [-0.2, -0.15) is 0 Å². The van der Waals surface area contributed by atoms with E-state index >= 15 is 0 Å². The molecule has 0 N–H and O–H groups in total. The van der Waals surface area contributed by atoms with Crippen LogP contribution in [0, 0.1) is 0 Å². The molecular formula is C12H15BrCl2. The average molecular weight is 310 g/mol. The van der Waals surface area contributed by atoms with Gasteiger partial charge in [-0.1, -0.05) is 53.9 Å². The summed E-state index contributed by atoms with van der Waals surface area (Å²) in [4.78, 5) is 0. The number of benzene rings is 1. The standard InChI is InChI=1S/C12H15BrCl2/c1-3-4-11(14)8(2)10-6-5-9(13)7-12(10)15/h5-8,11H,3-4H2,1-2H3. The first-order valence-corrected chi connectivity index (χ1v) is 6.76. The zero-order chi connectivity index (χ0) is 11.4. The highest BCUT2D eigenvalue weighted by molar-refractivity contribution is 9.10. The second kappa shape index (κ2) is 6.12. The van der Waals surface area contributed by atoms with E-state index in [1.807, 2.05) is 18.2 Å². The SMILES string of the molecule is CCCC(Cl)C(C)c1ccc(Br)cc1Cl. The van der Waals surface area contributed by atoms with Crippen molar-refractivity contribution in [1.82, 2.24) is 0 Å². The van der Waals surface area contributed by atoms with Crippen LogP contribution in [0.2, 0.25) is 5.02 Å². The molecule has 0 nitrogen and oxygen atoms in total. The summed E-state index contributed by atoms with van der Waals surface area (Å²) in [7, 11) is 0. The smallest absolute Gasteiger partial charge is 0.0452 e. The molecule has 2 atom stereocenters. The van der Waals surface area contributed by atoms with Crippen molar-refractivity contribution in [1.29, 1.82) is 0 Å². The second-order valence-electron chi connectivity index (χ2n) is 3.76. The fourth-order valence-electron chi connectivity index (χ4n) is 1.59. The molecule has 1 aromatic carbocycles. The average Bonchev–Trinajstić information content (AvgIpc) is 2.17. The lowest BCUT2D eigenvalue weighted by molar-refractivity contribution is 0.634. The Morgan fingerprint density at radius 2 is 2.07 bits per heavy atom. The summed E-state index contributed by atoms with van der Waals surface area (Å²) in [5.41, 5.74) is 1.13. The van der Waals surface area contributed by atoms with Crippen molar-refractivity contribution in [2.24, 2.45) is 0 Å². The molecule has 3 heteroatoms. The Hall–Kier alpha value is 0.280. The van der Waals surface area contributed by atoms with Crippen LogP contribution in [-0.4, -0.2) is 5.38 Å². The fraction of sp³-hybridized carbons (Fsp3) is 0.500. The molecule has 0 fully saturated rings. The molecule has 0 radical (unpaired) electrons. The van der Waals surface area contributed by atoms with Crippen molar-refractivity contribution >= 4 is 39.1 Å². The zero-order valence-electron chi connectivity index (χ0n) is 8.93. The lowest BCUT2D eigenvalue weighted by atomic mass is 9.95. The third-order valence-corrected chi connectivity index (χ3v) is 3.98. The van der Waals surface area contributed by atoms with E-state index in [0.29, 0.717) is 5.92 Å². The molecule has 0 amide bonds. The molecule has 1 aromatic rings. The Kier molecular flexibility index (Phi) is 5.45. The van der Waals surface area contributed by atoms with Gasteiger partial charge in [-0.05, 0) is 30.0 Å². The molecule has 0 aromatic heterocycles. The molecule has 0 saturated carbocycles. The van der Waals surface area contributed by atoms with Gasteiger partial charge in [-0.25, -0.2) is 0 Å². The van der Waals surface area contributed by atoms with E-state index in [4.69, 9.17) is 23.2 Å². The molecule has 0 heterocycles. The van der Waals surface area contributed by atoms with Crippen LogP contribution in [-0.2, 0) is 0 Å². The number of hydrogen-bond acceptors (Lipinski definition) is 0. The summed E-state index contributed by atoms with van der Waals surface area (Å²) in [6, 6.07) is 5.97. The summed E-state index contributed by atoms with van der Waals surface area (Å²) in [6.45, 7) is 4.27. The van der Waals surface area contributed by atoms with E-state index in [1.54, 1.807) is 0 Å². The van der Waals surface area contributed by atoms with Gasteiger partial charge in [0.25, 0.3) is 0 Å². The van der Waals surface area contributed by atoms with Gasteiger partial charge in [0.05, 0.1) is 0 Å². The minimum atomic E-state index is 0.161. The maximum Gasteiger partial charge on any atom is 0.0452 e. The van der Waals surface area contributed by atoms with Crippen molar-refractivity contribution < 1.29 is 0 Å². The van der Waals surface area contributed by atoms with Crippen LogP contribution >= 0.6 is 39.1 Å². The van der Waals surface area contributed by atoms with Gasteiger partial charge >= 0.3 is 0 Å². The Morgan fingerprint density at radius 1 is 1.40 bits per heavy atom. The lowest BCUT2D eigenvalue weighted by Crippen LogP contribution is -2.09. The Labute approximate surface area is 110 Å². The highest BCUT2D eigenvalue weighted by Crippen LogP contribution is 2.32. The lowest BCUT2D eigenvalue weighted by Gasteiger charge is -2.19. The van der Waals surface area contributed by atoms with Gasteiger partial charge in [0.2, 0.25) is 0 Å². The van der Waals surface area contributed by atoms with Crippen LogP contribution in [0.25, 0.3) is 0 Å². The molecule has 1 rings (SSSR count). The molecule has 0 spiro atoms.